The van der Waals surface area contributed by atoms with Crippen LogP contribution in [-0.4, -0.2) is 41.8 Å². The topological polar surface area (TPSA) is 215 Å². The van der Waals surface area contributed by atoms with E-state index in [4.69, 9.17) is 55.6 Å². The Morgan fingerprint density at radius 3 is 1.33 bits per heavy atom. The maximum atomic E-state index is 10.1. The van der Waals surface area contributed by atoms with Gasteiger partial charge in [0.2, 0.25) is 23.8 Å². The molecule has 0 fully saturated rings. The first kappa shape index (κ1) is 33.6. The number of aliphatic imine (C=N–C) groups is 4. The number of benzene rings is 2. The van der Waals surface area contributed by atoms with Gasteiger partial charge in [-0.3, -0.25) is 14.9 Å². The summed E-state index contributed by atoms with van der Waals surface area (Å²) in [6.07, 6.45) is 3.68. The average Bonchev–Trinajstić information content (AvgIpc) is 2.82. The third kappa shape index (κ3) is 19.3. The first-order valence-corrected chi connectivity index (χ1v) is 13.6. The molecule has 11 N–H and O–H groups in total. The van der Waals surface area contributed by atoms with Crippen molar-refractivity contribution in [2.45, 2.75) is 25.7 Å². The molecule has 0 aromatic heterocycles. The summed E-state index contributed by atoms with van der Waals surface area (Å²) in [5.41, 5.74) is 24.8. The molecule has 0 heterocycles. The van der Waals surface area contributed by atoms with Crippen LogP contribution in [0.25, 0.3) is 0 Å². The summed E-state index contributed by atoms with van der Waals surface area (Å²) >= 11 is 11.7. The van der Waals surface area contributed by atoms with Crippen molar-refractivity contribution in [3.05, 3.63) is 58.6 Å². The van der Waals surface area contributed by atoms with E-state index in [1.165, 1.54) is 0 Å². The Morgan fingerprint density at radius 1 is 0.718 bits per heavy atom. The van der Waals surface area contributed by atoms with Gasteiger partial charge in [-0.05, 0) is 61.4 Å². The molecule has 0 amide bonds. The largest absolute Gasteiger partial charge is 0.549 e. The highest BCUT2D eigenvalue weighted by Gasteiger charge is 2.09. The van der Waals surface area contributed by atoms with Gasteiger partial charge in [0.25, 0.3) is 0 Å². The van der Waals surface area contributed by atoms with Crippen LogP contribution in [0.2, 0.25) is 10.0 Å². The van der Waals surface area contributed by atoms with E-state index in [2.05, 4.69) is 30.6 Å². The van der Waals surface area contributed by atoms with E-state index in [9.17, 15) is 8.39 Å². The zero-order valence-electron chi connectivity index (χ0n) is 20.8. The summed E-state index contributed by atoms with van der Waals surface area (Å²) in [6, 6.07) is 14.1. The summed E-state index contributed by atoms with van der Waals surface area (Å²) in [5, 5.41) is 7.11. The summed E-state index contributed by atoms with van der Waals surface area (Å²) in [5.74, 6) is 0.564. The second-order valence-electron chi connectivity index (χ2n) is 7.59. The minimum Gasteiger partial charge on any atom is -0.369 e. The quantitative estimate of drug-likeness (QED) is 0.0938. The van der Waals surface area contributed by atoms with E-state index in [1.807, 2.05) is 0 Å². The van der Waals surface area contributed by atoms with E-state index in [-0.39, 0.29) is 23.8 Å². The number of halogens is 4. The lowest BCUT2D eigenvalue weighted by Gasteiger charge is -2.05. The van der Waals surface area contributed by atoms with Gasteiger partial charge in [0.1, 0.15) is 0 Å². The number of unbranched alkanes of at least 4 members (excludes halogenated alkanes) is 3. The van der Waals surface area contributed by atoms with Crippen LogP contribution < -0.4 is 33.6 Å². The minimum atomic E-state index is -5.64. The molecular weight excluding hydrogens is 576 g/mol. The Hall–Kier alpha value is -3.45. The highest BCUT2D eigenvalue weighted by Crippen LogP contribution is 2.43. The first-order valence-electron chi connectivity index (χ1n) is 11.4. The molecule has 39 heavy (non-hydrogen) atoms. The number of nitrogens with zero attached hydrogens (tertiary/aromatic N) is 4. The molecule has 0 radical (unpaired) electrons. The van der Waals surface area contributed by atoms with Crippen LogP contribution in [-0.2, 0) is 4.57 Å². The van der Waals surface area contributed by atoms with Crippen molar-refractivity contribution in [1.82, 2.24) is 0 Å². The summed E-state index contributed by atoms with van der Waals surface area (Å²) in [6.45, 7) is 1.12. The second kappa shape index (κ2) is 17.9. The van der Waals surface area contributed by atoms with E-state index in [0.717, 1.165) is 37.1 Å². The smallest absolute Gasteiger partial charge is 0.369 e. The van der Waals surface area contributed by atoms with Gasteiger partial charge < -0.3 is 33.6 Å². The van der Waals surface area contributed by atoms with Crippen LogP contribution in [0.5, 0.6) is 0 Å². The standard InChI is InChI=1S/C22H30Cl2N10.F2HO2P/c23-15-5-9-17(10-6-15)31-21(27)33-19(25)29-13-3-1-2-4-14-30-20(26)34-22(28)32-18-11-7-16(24)8-12-18;1-5(2,3)4/h5-12H,1-4,13-14H2,(H5,25,27,29,31,33)(H5,26,28,30,32,34);(H,3,4). The second-order valence-corrected chi connectivity index (χ2v) is 9.33. The normalized spacial score (nSPS) is 12.9. The van der Waals surface area contributed by atoms with Crippen molar-refractivity contribution in [2.24, 2.45) is 42.9 Å². The lowest BCUT2D eigenvalue weighted by molar-refractivity contribution is 0.376. The van der Waals surface area contributed by atoms with Crippen molar-refractivity contribution in [3.8, 4) is 0 Å². The van der Waals surface area contributed by atoms with Gasteiger partial charge in [-0.25, -0.2) is 4.57 Å². The molecular formula is C22H31Cl2F2N10O2P. The van der Waals surface area contributed by atoms with Crippen molar-refractivity contribution >= 4 is 66.4 Å². The molecule has 0 aliphatic rings. The summed E-state index contributed by atoms with van der Waals surface area (Å²) in [7, 11) is -5.64. The Morgan fingerprint density at radius 2 is 1.03 bits per heavy atom. The van der Waals surface area contributed by atoms with Gasteiger partial charge in [-0.1, -0.05) is 36.0 Å². The fourth-order valence-corrected chi connectivity index (χ4v) is 2.95. The average molecular weight is 607 g/mol. The van der Waals surface area contributed by atoms with Gasteiger partial charge in [0, 0.05) is 34.5 Å². The number of hydrogen-bond acceptors (Lipinski definition) is 3. The van der Waals surface area contributed by atoms with Crippen LogP contribution in [0.3, 0.4) is 0 Å². The van der Waals surface area contributed by atoms with Crippen molar-refractivity contribution < 1.29 is 17.9 Å². The number of rotatable bonds is 9. The molecule has 2 aromatic carbocycles. The van der Waals surface area contributed by atoms with E-state index >= 15 is 0 Å². The van der Waals surface area contributed by atoms with Crippen molar-refractivity contribution in [1.29, 1.82) is 0 Å². The molecule has 2 aromatic rings. The van der Waals surface area contributed by atoms with Gasteiger partial charge in [0.15, 0.2) is 0 Å². The van der Waals surface area contributed by atoms with Crippen LogP contribution in [0.1, 0.15) is 25.7 Å². The van der Waals surface area contributed by atoms with Crippen molar-refractivity contribution in [3.63, 3.8) is 0 Å². The molecule has 0 unspecified atom stereocenters. The Balaban J connectivity index is 0.00000139. The lowest BCUT2D eigenvalue weighted by atomic mass is 10.2. The molecule has 0 aliphatic heterocycles. The molecule has 2 rings (SSSR count). The van der Waals surface area contributed by atoms with Gasteiger partial charge in [-0.2, -0.15) is 9.98 Å². The molecule has 0 saturated heterocycles. The zero-order valence-corrected chi connectivity index (χ0v) is 23.2. The SMILES string of the molecule is NC(=NCCCCCCN=C(N)N=C(N)Nc1ccc(Cl)cc1)N=C(N)Nc1ccc(Cl)cc1.O=P(O)(F)F. The molecule has 12 nitrogen and oxygen atoms in total. The molecule has 0 atom stereocenters. The Bertz CT molecular complexity index is 1100. The van der Waals surface area contributed by atoms with Gasteiger partial charge in [-0.15, -0.1) is 8.39 Å². The number of anilines is 2. The number of hydrogen-bond donors (Lipinski definition) is 7. The fraction of sp³-hybridized carbons (Fsp3) is 0.273. The monoisotopic (exact) mass is 606 g/mol. The maximum Gasteiger partial charge on any atom is 0.549 e. The van der Waals surface area contributed by atoms with Crippen LogP contribution in [0, 0.1) is 0 Å². The molecule has 214 valence electrons. The Kier molecular flexibility index (Phi) is 15.5. The molecule has 0 aliphatic carbocycles. The molecule has 0 spiro atoms. The maximum absolute atomic E-state index is 10.1. The Labute approximate surface area is 235 Å². The van der Waals surface area contributed by atoms with Crippen LogP contribution >= 0.6 is 31.2 Å². The number of nitrogens with one attached hydrogen (secondary N) is 2. The predicted molar refractivity (Wildman–Crippen MR) is 157 cm³/mol. The molecule has 0 bridgehead atoms. The third-order valence-electron chi connectivity index (χ3n) is 4.32. The predicted octanol–water partition coefficient (Wildman–Crippen LogP) is 4.36. The highest BCUT2D eigenvalue weighted by atomic mass is 35.5. The molecule has 0 saturated carbocycles. The van der Waals surface area contributed by atoms with E-state index in [0.29, 0.717) is 23.1 Å². The minimum absolute atomic E-state index is 0.124. The zero-order chi connectivity index (χ0) is 29.3. The number of nitrogens with two attached hydrogens (primary N) is 4. The van der Waals surface area contributed by atoms with Crippen LogP contribution in [0.15, 0.2) is 68.5 Å². The van der Waals surface area contributed by atoms with Crippen molar-refractivity contribution in [2.75, 3.05) is 23.7 Å². The van der Waals surface area contributed by atoms with E-state index in [1.54, 1.807) is 48.5 Å². The number of guanidine groups is 4. The summed E-state index contributed by atoms with van der Waals surface area (Å²) in [4.78, 5) is 23.2. The first-order chi connectivity index (χ1) is 18.3. The third-order valence-corrected chi connectivity index (χ3v) is 4.82. The van der Waals surface area contributed by atoms with Crippen LogP contribution in [0.4, 0.5) is 19.8 Å². The lowest BCUT2D eigenvalue weighted by Crippen LogP contribution is -2.26. The highest BCUT2D eigenvalue weighted by molar-refractivity contribution is 7.46. The molecule has 17 heteroatoms. The van der Waals surface area contributed by atoms with E-state index < -0.39 is 7.99 Å². The fourth-order valence-electron chi connectivity index (χ4n) is 2.70. The van der Waals surface area contributed by atoms with Gasteiger partial charge >= 0.3 is 7.99 Å². The summed E-state index contributed by atoms with van der Waals surface area (Å²) < 4.78 is 28.7. The van der Waals surface area contributed by atoms with Gasteiger partial charge in [0.05, 0.1) is 0 Å².